The fourth-order valence-electron chi connectivity index (χ4n) is 6.21. The minimum Gasteiger partial charge on any atom is -0.480 e. The minimum absolute atomic E-state index is 0.0598. The number of carboxylic acids is 1. The molecule has 2 aliphatic heterocycles. The molecule has 0 aromatic carbocycles. The molecule has 0 aromatic rings. The van der Waals surface area contributed by atoms with Gasteiger partial charge in [0.05, 0.1) is 18.1 Å². The Morgan fingerprint density at radius 3 is 2.87 bits per heavy atom. The smallest absolute Gasteiger partial charge is 0.326 e. The Morgan fingerprint density at radius 2 is 2.10 bits per heavy atom. The highest BCUT2D eigenvalue weighted by atomic mass is 127. The highest BCUT2D eigenvalue weighted by Crippen LogP contribution is 2.43. The molecular formula is C31H36ClIN2O4. The lowest BCUT2D eigenvalue weighted by molar-refractivity contribution is -0.139. The van der Waals surface area contributed by atoms with E-state index >= 15 is 0 Å². The van der Waals surface area contributed by atoms with Crippen molar-refractivity contribution in [2.75, 3.05) is 19.7 Å². The summed E-state index contributed by atoms with van der Waals surface area (Å²) in [5.74, 6) is -0.778. The average molecular weight is 663 g/mol. The summed E-state index contributed by atoms with van der Waals surface area (Å²) in [5.41, 5.74) is 8.71. The summed E-state index contributed by atoms with van der Waals surface area (Å²) >= 11 is 9.29. The molecular weight excluding hydrogens is 627 g/mol. The molecule has 0 spiro atoms. The zero-order chi connectivity index (χ0) is 27.7. The van der Waals surface area contributed by atoms with Crippen LogP contribution in [0.2, 0.25) is 0 Å². The number of carboxylic acid groups (broad SMARTS) is 1. The van der Waals surface area contributed by atoms with E-state index in [9.17, 15) is 14.7 Å². The van der Waals surface area contributed by atoms with Gasteiger partial charge in [-0.25, -0.2) is 4.79 Å². The van der Waals surface area contributed by atoms with E-state index in [0.717, 1.165) is 52.6 Å². The summed E-state index contributed by atoms with van der Waals surface area (Å²) in [6.07, 6.45) is 14.3. The van der Waals surface area contributed by atoms with E-state index in [1.54, 1.807) is 0 Å². The Hall–Kier alpha value is -2.10. The van der Waals surface area contributed by atoms with Crippen LogP contribution in [-0.4, -0.2) is 59.1 Å². The number of alkyl halides is 1. The average Bonchev–Trinajstić information content (AvgIpc) is 3.38. The van der Waals surface area contributed by atoms with Gasteiger partial charge >= 0.3 is 5.97 Å². The number of hydrogen-bond donors (Lipinski definition) is 2. The van der Waals surface area contributed by atoms with Crippen molar-refractivity contribution in [3.05, 3.63) is 79.2 Å². The SMILES string of the molecule is C=C(CC1=C(I)C2=C(CC1Cl)CN(C(=O)C1=CC=C3CCOC3C1)CC2)N[C@@H](CC1=CC(C)=CCC1)C(=O)O. The molecule has 2 N–H and O–H groups in total. The summed E-state index contributed by atoms with van der Waals surface area (Å²) in [7, 11) is 0. The van der Waals surface area contributed by atoms with E-state index in [1.807, 2.05) is 17.9 Å². The Balaban J connectivity index is 1.24. The summed E-state index contributed by atoms with van der Waals surface area (Å²) < 4.78 is 6.93. The molecule has 5 rings (SSSR count). The number of ether oxygens (including phenoxy) is 1. The van der Waals surface area contributed by atoms with Crippen molar-refractivity contribution in [2.45, 2.75) is 75.8 Å². The Morgan fingerprint density at radius 1 is 1.28 bits per heavy atom. The van der Waals surface area contributed by atoms with Crippen LogP contribution in [0.3, 0.4) is 0 Å². The molecule has 1 amide bonds. The van der Waals surface area contributed by atoms with E-state index in [1.165, 1.54) is 22.3 Å². The van der Waals surface area contributed by atoms with Gasteiger partial charge in [0.25, 0.3) is 0 Å². The molecule has 3 atom stereocenters. The van der Waals surface area contributed by atoms with E-state index in [-0.39, 0.29) is 17.4 Å². The maximum absolute atomic E-state index is 13.3. The van der Waals surface area contributed by atoms with Crippen LogP contribution >= 0.6 is 34.2 Å². The predicted molar refractivity (Wildman–Crippen MR) is 163 cm³/mol. The van der Waals surface area contributed by atoms with Gasteiger partial charge in [-0.3, -0.25) is 4.79 Å². The first kappa shape index (κ1) is 28.4. The van der Waals surface area contributed by atoms with Gasteiger partial charge in [0.2, 0.25) is 5.91 Å². The molecule has 0 radical (unpaired) electrons. The molecule has 5 aliphatic rings. The van der Waals surface area contributed by atoms with E-state index in [4.69, 9.17) is 16.3 Å². The van der Waals surface area contributed by atoms with Crippen molar-refractivity contribution in [3.8, 4) is 0 Å². The second kappa shape index (κ2) is 12.2. The van der Waals surface area contributed by atoms with Crippen LogP contribution in [0, 0.1) is 0 Å². The quantitative estimate of drug-likeness (QED) is 0.237. The first-order valence-corrected chi connectivity index (χ1v) is 15.3. The third-order valence-corrected chi connectivity index (χ3v) is 10.1. The number of hydrogen-bond acceptors (Lipinski definition) is 4. The molecule has 3 aliphatic carbocycles. The van der Waals surface area contributed by atoms with Crippen molar-refractivity contribution in [1.29, 1.82) is 0 Å². The van der Waals surface area contributed by atoms with Crippen LogP contribution in [0.4, 0.5) is 0 Å². The van der Waals surface area contributed by atoms with E-state index in [0.29, 0.717) is 44.5 Å². The molecule has 1 saturated heterocycles. The summed E-state index contributed by atoms with van der Waals surface area (Å²) in [4.78, 5) is 27.3. The van der Waals surface area contributed by atoms with Crippen molar-refractivity contribution in [2.24, 2.45) is 0 Å². The number of nitrogens with one attached hydrogen (secondary N) is 1. The molecule has 0 aromatic heterocycles. The largest absolute Gasteiger partial charge is 0.480 e. The number of halogens is 2. The van der Waals surface area contributed by atoms with Crippen LogP contribution in [0.5, 0.6) is 0 Å². The molecule has 0 bridgehead atoms. The minimum atomic E-state index is -0.875. The molecule has 2 heterocycles. The fourth-order valence-corrected chi connectivity index (χ4v) is 7.98. The van der Waals surface area contributed by atoms with E-state index in [2.05, 4.69) is 52.7 Å². The summed E-state index contributed by atoms with van der Waals surface area (Å²) in [6.45, 7) is 8.23. The topological polar surface area (TPSA) is 78.9 Å². The highest BCUT2D eigenvalue weighted by Gasteiger charge is 2.35. The number of nitrogens with zero attached hydrogens (tertiary/aromatic N) is 1. The van der Waals surface area contributed by atoms with Crippen LogP contribution < -0.4 is 5.32 Å². The number of allylic oxidation sites excluding steroid dienone is 7. The monoisotopic (exact) mass is 662 g/mol. The lowest BCUT2D eigenvalue weighted by atomic mass is 9.85. The second-order valence-electron chi connectivity index (χ2n) is 11.1. The standard InChI is InChI=1S/C31H36ClIN2O4/c1-18-4-3-5-20(12-18)14-27(31(37)38)34-19(2)13-25-26(32)15-23-17-35(10-8-24(23)29(25)33)30(36)22-7-6-21-9-11-39-28(21)16-22/h4,6-7,12,26-28,34H,2-3,5,8-11,13-17H2,1H3,(H,37,38)/t26?,27-,28?/m0/s1. The number of amides is 1. The van der Waals surface area contributed by atoms with Crippen LogP contribution in [0.1, 0.15) is 58.3 Å². The zero-order valence-electron chi connectivity index (χ0n) is 22.4. The van der Waals surface area contributed by atoms with Crippen molar-refractivity contribution < 1.29 is 19.4 Å². The van der Waals surface area contributed by atoms with Crippen LogP contribution in [-0.2, 0) is 14.3 Å². The zero-order valence-corrected chi connectivity index (χ0v) is 25.3. The van der Waals surface area contributed by atoms with Gasteiger partial charge in [-0.15, -0.1) is 11.6 Å². The number of fused-ring (bicyclic) bond motifs is 1. The normalized spacial score (nSPS) is 25.7. The van der Waals surface area contributed by atoms with Gasteiger partial charge in [-0.2, -0.15) is 0 Å². The van der Waals surface area contributed by atoms with Crippen molar-refractivity contribution in [3.63, 3.8) is 0 Å². The second-order valence-corrected chi connectivity index (χ2v) is 12.7. The predicted octanol–water partition coefficient (Wildman–Crippen LogP) is 6.26. The number of carbonyl (C=O) groups excluding carboxylic acids is 1. The highest BCUT2D eigenvalue weighted by molar-refractivity contribution is 14.1. The van der Waals surface area contributed by atoms with Crippen LogP contribution in [0.25, 0.3) is 0 Å². The third-order valence-electron chi connectivity index (χ3n) is 8.29. The number of rotatable bonds is 8. The Bertz CT molecular complexity index is 1270. The van der Waals surface area contributed by atoms with Gasteiger partial charge < -0.3 is 20.1 Å². The molecule has 8 heteroatoms. The Kier molecular flexibility index (Phi) is 8.88. The molecule has 39 heavy (non-hydrogen) atoms. The molecule has 208 valence electrons. The summed E-state index contributed by atoms with van der Waals surface area (Å²) in [5, 5.41) is 12.8. The van der Waals surface area contributed by atoms with Gasteiger partial charge in [0, 0.05) is 40.8 Å². The van der Waals surface area contributed by atoms with Gasteiger partial charge in [-0.1, -0.05) is 42.0 Å². The Labute approximate surface area is 249 Å². The fraction of sp³-hybridized carbons (Fsp3) is 0.484. The van der Waals surface area contributed by atoms with Crippen LogP contribution in [0.15, 0.2) is 79.2 Å². The lowest BCUT2D eigenvalue weighted by Gasteiger charge is -2.37. The number of aliphatic carboxylic acids is 1. The number of carbonyl (C=O) groups is 2. The van der Waals surface area contributed by atoms with E-state index < -0.39 is 12.0 Å². The lowest BCUT2D eigenvalue weighted by Crippen LogP contribution is -2.40. The third kappa shape index (κ3) is 6.46. The van der Waals surface area contributed by atoms with Crippen molar-refractivity contribution >= 4 is 46.1 Å². The van der Waals surface area contributed by atoms with Crippen molar-refractivity contribution in [1.82, 2.24) is 10.2 Å². The molecule has 2 unspecified atom stereocenters. The first-order chi connectivity index (χ1) is 18.7. The van der Waals surface area contributed by atoms with Gasteiger partial charge in [0.1, 0.15) is 6.04 Å². The molecule has 1 fully saturated rings. The van der Waals surface area contributed by atoms with Gasteiger partial charge in [-0.05, 0) is 90.3 Å². The maximum Gasteiger partial charge on any atom is 0.326 e. The molecule has 6 nitrogen and oxygen atoms in total. The molecule has 0 saturated carbocycles. The summed E-state index contributed by atoms with van der Waals surface area (Å²) in [6, 6.07) is -0.719. The van der Waals surface area contributed by atoms with Gasteiger partial charge in [0.15, 0.2) is 0 Å². The first-order valence-electron chi connectivity index (χ1n) is 13.8. The maximum atomic E-state index is 13.3.